The zero-order chi connectivity index (χ0) is 16.4. The molecule has 0 saturated heterocycles. The van der Waals surface area contributed by atoms with Crippen molar-refractivity contribution in [3.8, 4) is 0 Å². The first kappa shape index (κ1) is 14.4. The summed E-state index contributed by atoms with van der Waals surface area (Å²) in [6, 6.07) is 17.6. The number of hydrogen-bond acceptors (Lipinski definition) is 5. The van der Waals surface area contributed by atoms with E-state index in [0.29, 0.717) is 12.3 Å². The van der Waals surface area contributed by atoms with Gasteiger partial charge in [-0.3, -0.25) is 0 Å². The van der Waals surface area contributed by atoms with Crippen molar-refractivity contribution < 1.29 is 9.31 Å². The number of nitrogens with two attached hydrogens (primary N) is 1. The lowest BCUT2D eigenvalue weighted by molar-refractivity contribution is 0.427. The van der Waals surface area contributed by atoms with Gasteiger partial charge in [-0.15, -0.1) is 5.10 Å². The predicted molar refractivity (Wildman–Crippen MR) is 95.1 cm³/mol. The zero-order valence-electron chi connectivity index (χ0n) is 12.8. The molecule has 0 amide bonds. The number of aromatic amines is 1. The number of hydrogen-bond donors (Lipinski definition) is 2. The van der Waals surface area contributed by atoms with Crippen LogP contribution in [0.2, 0.25) is 0 Å². The van der Waals surface area contributed by atoms with Crippen LogP contribution in [0, 0.1) is 0 Å². The monoisotopic (exact) mass is 318 g/mol. The maximum Gasteiger partial charge on any atom is 0.635 e. The summed E-state index contributed by atoms with van der Waals surface area (Å²) in [6.45, 7) is 0. The van der Waals surface area contributed by atoms with E-state index >= 15 is 0 Å². The highest BCUT2D eigenvalue weighted by Gasteiger charge is 2.30. The van der Waals surface area contributed by atoms with Crippen LogP contribution < -0.4 is 11.2 Å². The van der Waals surface area contributed by atoms with Gasteiger partial charge in [0.25, 0.3) is 6.02 Å². The summed E-state index contributed by atoms with van der Waals surface area (Å²) in [6.07, 6.45) is 2.44. The average Bonchev–Trinajstić information content (AvgIpc) is 2.93. The molecular weight excluding hydrogens is 303 g/mol. The van der Waals surface area contributed by atoms with E-state index in [4.69, 9.17) is 15.0 Å². The molecule has 2 heterocycles. The highest BCUT2D eigenvalue weighted by atomic mass is 16.6. The topological polar surface area (TPSA) is 85.0 Å². The molecule has 0 unspecified atom stereocenters. The van der Waals surface area contributed by atoms with Crippen molar-refractivity contribution in [1.82, 2.24) is 4.98 Å². The molecule has 7 heteroatoms. The Morgan fingerprint density at radius 1 is 0.958 bits per heavy atom. The number of para-hydroxylation sites is 1. The van der Waals surface area contributed by atoms with E-state index in [-0.39, 0.29) is 6.02 Å². The Kier molecular flexibility index (Phi) is 3.67. The van der Waals surface area contributed by atoms with E-state index in [1.165, 1.54) is 0 Å². The Labute approximate surface area is 139 Å². The lowest BCUT2D eigenvalue weighted by atomic mass is 9.79. The molecule has 2 aromatic carbocycles. The molecule has 0 atom stereocenters. The molecular formula is C17H15BN4O2. The quantitative estimate of drug-likeness (QED) is 0.722. The van der Waals surface area contributed by atoms with Gasteiger partial charge < -0.3 is 20.0 Å². The normalized spacial score (nSPS) is 14.4. The Morgan fingerprint density at radius 2 is 1.75 bits per heavy atom. The maximum absolute atomic E-state index is 5.91. The van der Waals surface area contributed by atoms with Crippen molar-refractivity contribution in [1.29, 1.82) is 0 Å². The second kappa shape index (κ2) is 6.12. The van der Waals surface area contributed by atoms with E-state index < -0.39 is 7.12 Å². The molecule has 0 radical (unpaired) electrons. The van der Waals surface area contributed by atoms with Crippen LogP contribution in [0.4, 0.5) is 0 Å². The second-order valence-electron chi connectivity index (χ2n) is 5.45. The molecule has 0 saturated carbocycles. The summed E-state index contributed by atoms with van der Waals surface area (Å²) in [4.78, 5) is 3.24. The Bertz CT molecular complexity index is 920. The van der Waals surface area contributed by atoms with Crippen LogP contribution in [-0.4, -0.2) is 24.0 Å². The number of aromatic nitrogens is 1. The largest absolute Gasteiger partial charge is 0.635 e. The van der Waals surface area contributed by atoms with Gasteiger partial charge in [0.15, 0.2) is 5.90 Å². The number of benzene rings is 2. The van der Waals surface area contributed by atoms with E-state index in [1.54, 1.807) is 0 Å². The number of amidine groups is 1. The van der Waals surface area contributed by atoms with E-state index in [2.05, 4.69) is 21.3 Å². The van der Waals surface area contributed by atoms with Crippen LogP contribution in [0.1, 0.15) is 5.56 Å². The van der Waals surface area contributed by atoms with Crippen molar-refractivity contribution in [2.24, 2.45) is 15.9 Å². The van der Waals surface area contributed by atoms with Crippen molar-refractivity contribution in [3.63, 3.8) is 0 Å². The molecule has 1 aromatic heterocycles. The molecule has 118 valence electrons. The molecule has 0 aliphatic carbocycles. The van der Waals surface area contributed by atoms with Crippen LogP contribution in [0.15, 0.2) is 71.0 Å². The van der Waals surface area contributed by atoms with Crippen LogP contribution in [0.5, 0.6) is 0 Å². The molecule has 0 fully saturated rings. The van der Waals surface area contributed by atoms with Gasteiger partial charge in [0.1, 0.15) is 0 Å². The smallest absolute Gasteiger partial charge is 0.510 e. The lowest BCUT2D eigenvalue weighted by Crippen LogP contribution is -2.41. The third-order valence-corrected chi connectivity index (χ3v) is 3.82. The number of H-pyrrole nitrogens is 1. The summed E-state index contributed by atoms with van der Waals surface area (Å²) in [5.41, 5.74) is 8.72. The molecule has 1 aliphatic heterocycles. The summed E-state index contributed by atoms with van der Waals surface area (Å²) < 4.78 is 11.4. The van der Waals surface area contributed by atoms with Gasteiger partial charge in [-0.05, 0) is 11.6 Å². The Balaban J connectivity index is 1.62. The van der Waals surface area contributed by atoms with Crippen LogP contribution >= 0.6 is 0 Å². The van der Waals surface area contributed by atoms with E-state index in [0.717, 1.165) is 21.9 Å². The molecule has 3 aromatic rings. The fraction of sp³-hybridized carbons (Fsp3) is 0.0588. The SMILES string of the molecule is NC1=NN=C(Cc2c[nH]c3ccccc23)OB(c2ccccc2)O1. The number of nitrogens with one attached hydrogen (secondary N) is 1. The second-order valence-corrected chi connectivity index (χ2v) is 5.45. The van der Waals surface area contributed by atoms with Crippen LogP contribution in [0.25, 0.3) is 10.9 Å². The molecule has 0 bridgehead atoms. The minimum absolute atomic E-state index is 0.0159. The van der Waals surface area contributed by atoms with Crippen molar-refractivity contribution in [3.05, 3.63) is 66.4 Å². The standard InChI is InChI=1S/C17H15BN4O2/c19-17-22-21-16(23-18(24-17)13-6-2-1-3-7-13)10-12-11-20-15-9-5-4-8-14(12)15/h1-9,11,20H,10H2,(H2,19,22). The van der Waals surface area contributed by atoms with Crippen molar-refractivity contribution in [2.75, 3.05) is 0 Å². The fourth-order valence-electron chi connectivity index (χ4n) is 2.67. The van der Waals surface area contributed by atoms with Crippen molar-refractivity contribution >= 4 is 35.4 Å². The third-order valence-electron chi connectivity index (χ3n) is 3.82. The average molecular weight is 318 g/mol. The first-order chi connectivity index (χ1) is 11.8. The zero-order valence-corrected chi connectivity index (χ0v) is 12.8. The maximum atomic E-state index is 5.91. The summed E-state index contributed by atoms with van der Waals surface area (Å²) in [5.74, 6) is 0.453. The highest BCUT2D eigenvalue weighted by molar-refractivity contribution is 6.64. The number of fused-ring (bicyclic) bond motifs is 1. The van der Waals surface area contributed by atoms with Gasteiger partial charge in [0.05, 0.1) is 6.42 Å². The van der Waals surface area contributed by atoms with Gasteiger partial charge in [-0.1, -0.05) is 53.6 Å². The number of nitrogens with zero attached hydrogens (tertiary/aromatic N) is 2. The molecule has 6 nitrogen and oxygen atoms in total. The summed E-state index contributed by atoms with van der Waals surface area (Å²) in [7, 11) is -0.665. The Hall–Kier alpha value is -3.22. The first-order valence-electron chi connectivity index (χ1n) is 7.63. The lowest BCUT2D eigenvalue weighted by Gasteiger charge is -2.13. The van der Waals surface area contributed by atoms with Crippen molar-refractivity contribution in [2.45, 2.75) is 6.42 Å². The number of rotatable bonds is 3. The first-order valence-corrected chi connectivity index (χ1v) is 7.63. The third kappa shape index (κ3) is 2.83. The van der Waals surface area contributed by atoms with Gasteiger partial charge in [-0.2, -0.15) is 0 Å². The Morgan fingerprint density at radius 3 is 2.62 bits per heavy atom. The predicted octanol–water partition coefficient (Wildman–Crippen LogP) is 1.78. The molecule has 0 spiro atoms. The van der Waals surface area contributed by atoms with Gasteiger partial charge >= 0.3 is 7.12 Å². The van der Waals surface area contributed by atoms with Gasteiger partial charge in [-0.25, -0.2) is 0 Å². The fourth-order valence-corrected chi connectivity index (χ4v) is 2.67. The minimum atomic E-state index is -0.665. The van der Waals surface area contributed by atoms with Crippen LogP contribution in [-0.2, 0) is 15.7 Å². The summed E-state index contributed by atoms with van der Waals surface area (Å²) in [5, 5.41) is 9.07. The van der Waals surface area contributed by atoms with Gasteiger partial charge in [0.2, 0.25) is 0 Å². The minimum Gasteiger partial charge on any atom is -0.510 e. The van der Waals surface area contributed by atoms with Gasteiger partial charge in [0, 0.05) is 22.6 Å². The highest BCUT2D eigenvalue weighted by Crippen LogP contribution is 2.19. The summed E-state index contributed by atoms with van der Waals surface area (Å²) >= 11 is 0. The van der Waals surface area contributed by atoms with Crippen LogP contribution in [0.3, 0.4) is 0 Å². The van der Waals surface area contributed by atoms with E-state index in [9.17, 15) is 0 Å². The molecule has 1 aliphatic rings. The molecule has 4 rings (SSSR count). The molecule has 3 N–H and O–H groups in total. The van der Waals surface area contributed by atoms with E-state index in [1.807, 2.05) is 54.7 Å². The molecule has 24 heavy (non-hydrogen) atoms.